The van der Waals surface area contributed by atoms with Crippen LogP contribution in [0.25, 0.3) is 0 Å². The smallest absolute Gasteiger partial charge is 0.346 e. The van der Waals surface area contributed by atoms with Gasteiger partial charge in [-0.05, 0) is 0 Å². The Morgan fingerprint density at radius 1 is 1.00 bits per heavy atom. The van der Waals surface area contributed by atoms with E-state index in [2.05, 4.69) is 13.8 Å². The molecule has 0 radical (unpaired) electrons. The molecule has 0 N–H and O–H groups in total. The van der Waals surface area contributed by atoms with Crippen molar-refractivity contribution in [3.63, 3.8) is 0 Å². The molecule has 0 amide bonds. The van der Waals surface area contributed by atoms with Crippen LogP contribution in [0.2, 0.25) is 0 Å². The molecule has 0 spiro atoms. The molecule has 0 aromatic carbocycles. The van der Waals surface area contributed by atoms with Crippen molar-refractivity contribution in [1.29, 1.82) is 0 Å². The maximum Gasteiger partial charge on any atom is 2.00 e. The van der Waals surface area contributed by atoms with Crippen molar-refractivity contribution in [3.05, 3.63) is 13.8 Å². The molecule has 0 saturated carbocycles. The molecular weight excluding hydrogens is 104 g/mol. The van der Waals surface area contributed by atoms with Crippen molar-refractivity contribution in [3.8, 4) is 0 Å². The molecule has 5 heavy (non-hydrogen) atoms. The Morgan fingerprint density at radius 3 is 1.20 bits per heavy atom. The minimum absolute atomic E-state index is 0. The fourth-order valence-corrected chi connectivity index (χ4v) is 0. The van der Waals surface area contributed by atoms with Crippen LogP contribution in [0.15, 0.2) is 0 Å². The van der Waals surface area contributed by atoms with Crippen LogP contribution in [0.4, 0.5) is 0 Å². The molecule has 0 atom stereocenters. The van der Waals surface area contributed by atoms with Crippen LogP contribution >= 0.6 is 0 Å². The van der Waals surface area contributed by atoms with Crippen molar-refractivity contribution >= 4 is 0 Å². The average Bonchev–Trinajstić information content (AvgIpc) is 1.37. The average molecular weight is 112 g/mol. The van der Waals surface area contributed by atoms with Crippen molar-refractivity contribution in [1.82, 2.24) is 0 Å². The van der Waals surface area contributed by atoms with Crippen LogP contribution in [-0.4, -0.2) is 0 Å². The van der Waals surface area contributed by atoms with Gasteiger partial charge in [-0.1, -0.05) is 0 Å². The first-order valence-corrected chi connectivity index (χ1v) is 1.50. The van der Waals surface area contributed by atoms with Crippen LogP contribution in [-0.2, 0) is 17.1 Å². The normalized spacial score (nSPS) is 6.00. The molecule has 0 nitrogen and oxygen atoms in total. The van der Waals surface area contributed by atoms with E-state index in [1.165, 1.54) is 0 Å². The van der Waals surface area contributed by atoms with Gasteiger partial charge in [0.2, 0.25) is 0 Å². The second-order valence-corrected chi connectivity index (χ2v) is 0.707. The Bertz CT molecular complexity index is 5.61. The van der Waals surface area contributed by atoms with Gasteiger partial charge in [0.15, 0.2) is 0 Å². The molecular formula is C4H8Fe. The maximum atomic E-state index is 3.54. The fourth-order valence-electron chi connectivity index (χ4n) is 0. The summed E-state index contributed by atoms with van der Waals surface area (Å²) in [6, 6.07) is 0. The number of unbranched alkanes of at least 4 members (excludes halogenated alkanes) is 1. The van der Waals surface area contributed by atoms with Crippen LogP contribution in [0.5, 0.6) is 0 Å². The van der Waals surface area contributed by atoms with E-state index in [0.717, 1.165) is 12.8 Å². The van der Waals surface area contributed by atoms with E-state index in [-0.39, 0.29) is 17.1 Å². The van der Waals surface area contributed by atoms with Gasteiger partial charge in [0, 0.05) is 0 Å². The maximum absolute atomic E-state index is 3.54. The molecule has 0 heterocycles. The predicted octanol–water partition coefficient (Wildman–Crippen LogP) is 1.43. The van der Waals surface area contributed by atoms with Gasteiger partial charge in [0.1, 0.15) is 0 Å². The summed E-state index contributed by atoms with van der Waals surface area (Å²) in [7, 11) is 0. The fraction of sp³-hybridized carbons (Fsp3) is 0.500. The summed E-state index contributed by atoms with van der Waals surface area (Å²) in [4.78, 5) is 0. The quantitative estimate of drug-likeness (QED) is 0.355. The molecule has 0 unspecified atom stereocenters. The zero-order chi connectivity index (χ0) is 3.41. The Balaban J connectivity index is 0. The third-order valence-electron chi connectivity index (χ3n) is 0.250. The molecule has 32 valence electrons. The van der Waals surface area contributed by atoms with Crippen LogP contribution in [0, 0.1) is 13.8 Å². The summed E-state index contributed by atoms with van der Waals surface area (Å²) >= 11 is 0. The molecule has 1 heteroatoms. The first-order valence-electron chi connectivity index (χ1n) is 1.50. The van der Waals surface area contributed by atoms with Gasteiger partial charge in [-0.2, -0.15) is 0 Å². The van der Waals surface area contributed by atoms with E-state index in [0.29, 0.717) is 0 Å². The Morgan fingerprint density at radius 2 is 1.20 bits per heavy atom. The molecule has 0 rings (SSSR count). The number of rotatable bonds is 1. The van der Waals surface area contributed by atoms with E-state index < -0.39 is 0 Å². The Labute approximate surface area is 44.4 Å². The molecule has 0 aliphatic carbocycles. The van der Waals surface area contributed by atoms with E-state index >= 15 is 0 Å². The minimum atomic E-state index is 0. The van der Waals surface area contributed by atoms with E-state index in [1.807, 2.05) is 0 Å². The van der Waals surface area contributed by atoms with Gasteiger partial charge in [-0.25, -0.2) is 12.8 Å². The summed E-state index contributed by atoms with van der Waals surface area (Å²) in [5.41, 5.74) is 0. The van der Waals surface area contributed by atoms with E-state index in [1.54, 1.807) is 0 Å². The zero-order valence-electron chi connectivity index (χ0n) is 3.18. The third kappa shape index (κ3) is 12.4. The summed E-state index contributed by atoms with van der Waals surface area (Å²) in [5.74, 6) is 0. The molecule has 0 aliphatic heterocycles. The van der Waals surface area contributed by atoms with Crippen molar-refractivity contribution in [2.24, 2.45) is 0 Å². The first kappa shape index (κ1) is 9.10. The molecule has 0 fully saturated rings. The van der Waals surface area contributed by atoms with E-state index in [4.69, 9.17) is 0 Å². The standard InChI is InChI=1S/C4H8.Fe/c1-3-4-2;/h1-4H2;/q-2;+2. The topological polar surface area (TPSA) is 0 Å². The van der Waals surface area contributed by atoms with Crippen molar-refractivity contribution in [2.45, 2.75) is 12.8 Å². The monoisotopic (exact) mass is 112 g/mol. The molecule has 0 bridgehead atoms. The van der Waals surface area contributed by atoms with E-state index in [9.17, 15) is 0 Å². The third-order valence-corrected chi connectivity index (χ3v) is 0.250. The largest absolute Gasteiger partial charge is 2.00 e. The summed E-state index contributed by atoms with van der Waals surface area (Å²) in [6.45, 7) is 7.08. The molecule has 0 saturated heterocycles. The summed E-state index contributed by atoms with van der Waals surface area (Å²) < 4.78 is 0. The van der Waals surface area contributed by atoms with Gasteiger partial charge < -0.3 is 13.8 Å². The predicted molar refractivity (Wildman–Crippen MR) is 19.9 cm³/mol. The minimum Gasteiger partial charge on any atom is -0.346 e. The number of hydrogen-bond donors (Lipinski definition) is 0. The molecule has 0 aromatic heterocycles. The van der Waals surface area contributed by atoms with Crippen molar-refractivity contribution < 1.29 is 17.1 Å². The Hall–Kier alpha value is 0.519. The van der Waals surface area contributed by atoms with Gasteiger partial charge in [0.05, 0.1) is 0 Å². The molecule has 0 aromatic rings. The van der Waals surface area contributed by atoms with Crippen LogP contribution in [0.1, 0.15) is 12.8 Å². The SMILES string of the molecule is [CH2-]CC[CH2-].[Fe+2]. The van der Waals surface area contributed by atoms with Crippen molar-refractivity contribution in [2.75, 3.05) is 0 Å². The first-order chi connectivity index (χ1) is 1.91. The second kappa shape index (κ2) is 8.82. The van der Waals surface area contributed by atoms with Gasteiger partial charge in [-0.3, -0.25) is 0 Å². The van der Waals surface area contributed by atoms with Crippen LogP contribution < -0.4 is 0 Å². The summed E-state index contributed by atoms with van der Waals surface area (Å²) in [6.07, 6.45) is 1.92. The Kier molecular flexibility index (Phi) is 16.1. The summed E-state index contributed by atoms with van der Waals surface area (Å²) in [5, 5.41) is 0. The van der Waals surface area contributed by atoms with Gasteiger partial charge in [0.25, 0.3) is 0 Å². The molecule has 0 aliphatic rings. The van der Waals surface area contributed by atoms with Gasteiger partial charge >= 0.3 is 17.1 Å². The second-order valence-electron chi connectivity index (χ2n) is 0.707. The zero-order valence-corrected chi connectivity index (χ0v) is 4.29. The van der Waals surface area contributed by atoms with Gasteiger partial charge in [-0.15, -0.1) is 0 Å². The van der Waals surface area contributed by atoms with Crippen LogP contribution in [0.3, 0.4) is 0 Å². The number of hydrogen-bond acceptors (Lipinski definition) is 0.